The highest BCUT2D eigenvalue weighted by Crippen LogP contribution is 2.50. The van der Waals surface area contributed by atoms with E-state index in [4.69, 9.17) is 17.3 Å². The number of nitrogens with two attached hydrogens (primary N) is 1. The number of rotatable bonds is 4. The number of hydrogen-bond acceptors (Lipinski definition) is 5. The van der Waals surface area contributed by atoms with Crippen molar-refractivity contribution in [3.05, 3.63) is 35.0 Å². The Morgan fingerprint density at radius 3 is 2.83 bits per heavy atom. The fourth-order valence-corrected chi connectivity index (χ4v) is 4.82. The molecule has 4 rings (SSSR count). The van der Waals surface area contributed by atoms with Gasteiger partial charge in [0.2, 0.25) is 0 Å². The number of amides is 2. The quantitative estimate of drug-likeness (QED) is 0.758. The van der Waals surface area contributed by atoms with Crippen LogP contribution in [0.2, 0.25) is 5.02 Å². The normalized spacial score (nSPS) is 23.0. The summed E-state index contributed by atoms with van der Waals surface area (Å²) >= 11 is 7.18. The molecule has 1 saturated carbocycles. The Morgan fingerprint density at radius 1 is 1.38 bits per heavy atom. The van der Waals surface area contributed by atoms with E-state index >= 15 is 0 Å². The molecule has 0 radical (unpaired) electrons. The maximum absolute atomic E-state index is 13.2. The van der Waals surface area contributed by atoms with Gasteiger partial charge in [-0.2, -0.15) is 13.2 Å². The van der Waals surface area contributed by atoms with Crippen molar-refractivity contribution in [1.82, 2.24) is 15.2 Å². The number of likely N-dealkylation sites (tertiary alicyclic amines) is 1. The van der Waals surface area contributed by atoms with Gasteiger partial charge in [-0.25, -0.2) is 4.98 Å². The van der Waals surface area contributed by atoms with Crippen molar-refractivity contribution in [2.75, 3.05) is 18.8 Å². The van der Waals surface area contributed by atoms with Crippen LogP contribution in [-0.2, 0) is 4.79 Å². The average molecular weight is 445 g/mol. The summed E-state index contributed by atoms with van der Waals surface area (Å²) < 4.78 is 37.5. The molecule has 2 amide bonds. The lowest BCUT2D eigenvalue weighted by Gasteiger charge is -2.27. The van der Waals surface area contributed by atoms with Crippen LogP contribution in [0.1, 0.15) is 16.9 Å². The largest absolute Gasteiger partial charge is 0.471 e. The minimum Gasteiger partial charge on any atom is -0.375 e. The molecule has 2 aliphatic rings. The molecule has 1 aliphatic carbocycles. The third kappa shape index (κ3) is 3.91. The summed E-state index contributed by atoms with van der Waals surface area (Å²) in [7, 11) is 0. The van der Waals surface area contributed by atoms with Crippen molar-refractivity contribution in [3.63, 3.8) is 0 Å². The van der Waals surface area contributed by atoms with Crippen LogP contribution in [-0.4, -0.2) is 47.0 Å². The lowest BCUT2D eigenvalue weighted by atomic mass is 10.1. The van der Waals surface area contributed by atoms with Gasteiger partial charge < -0.3 is 16.0 Å². The minimum absolute atomic E-state index is 0.0816. The molecule has 3 atom stereocenters. The summed E-state index contributed by atoms with van der Waals surface area (Å²) in [6.45, 7) is 0.167. The van der Waals surface area contributed by atoms with Crippen molar-refractivity contribution in [3.8, 4) is 10.4 Å². The number of benzene rings is 1. The van der Waals surface area contributed by atoms with Gasteiger partial charge in [-0.15, -0.1) is 0 Å². The average Bonchev–Trinajstić information content (AvgIpc) is 3.16. The molecule has 29 heavy (non-hydrogen) atoms. The van der Waals surface area contributed by atoms with Crippen LogP contribution in [0.15, 0.2) is 24.3 Å². The van der Waals surface area contributed by atoms with Gasteiger partial charge in [-0.05, 0) is 36.0 Å². The van der Waals surface area contributed by atoms with Gasteiger partial charge in [-0.1, -0.05) is 35.1 Å². The molecule has 1 unspecified atom stereocenters. The van der Waals surface area contributed by atoms with Gasteiger partial charge in [0.1, 0.15) is 5.69 Å². The van der Waals surface area contributed by atoms with Gasteiger partial charge in [0.25, 0.3) is 5.91 Å². The van der Waals surface area contributed by atoms with Gasteiger partial charge in [0.05, 0.1) is 10.9 Å². The fraction of sp³-hybridized carbons (Fsp3) is 0.389. The molecular formula is C18H16ClF3N4O2S. The van der Waals surface area contributed by atoms with E-state index in [1.54, 1.807) is 24.3 Å². The standard InChI is InChI=1S/C18H16ClF3N4O2S/c19-10-3-1-2-8(4-10)14-13(25-17(23)29-14)15(27)26-7-9-5-11(9)12(26)6-24-16(28)18(20,21)22/h1-4,9,11-12H,5-7H2,(H2,23,25)(H,24,28)/t9-,11?,12-/m1/s1. The Hall–Kier alpha value is -2.33. The van der Waals surface area contributed by atoms with Crippen molar-refractivity contribution in [2.45, 2.75) is 18.6 Å². The Labute approximate surface area is 172 Å². The molecular weight excluding hydrogens is 429 g/mol. The minimum atomic E-state index is -4.96. The summed E-state index contributed by atoms with van der Waals surface area (Å²) in [6, 6.07) is 6.40. The van der Waals surface area contributed by atoms with Crippen LogP contribution < -0.4 is 11.1 Å². The van der Waals surface area contributed by atoms with E-state index < -0.39 is 24.0 Å². The van der Waals surface area contributed by atoms with Gasteiger partial charge in [0, 0.05) is 18.1 Å². The molecule has 11 heteroatoms. The van der Waals surface area contributed by atoms with Gasteiger partial charge >= 0.3 is 12.1 Å². The first-order valence-corrected chi connectivity index (χ1v) is 10.0. The third-order valence-electron chi connectivity index (χ3n) is 5.23. The number of alkyl halides is 3. The maximum Gasteiger partial charge on any atom is 0.471 e. The Balaban J connectivity index is 1.57. The number of carbonyl (C=O) groups excluding carboxylic acids is 2. The second-order valence-electron chi connectivity index (χ2n) is 7.13. The van der Waals surface area contributed by atoms with Crippen molar-refractivity contribution in [2.24, 2.45) is 11.8 Å². The number of aromatic nitrogens is 1. The Morgan fingerprint density at radius 2 is 2.14 bits per heavy atom. The first kappa shape index (κ1) is 20.0. The lowest BCUT2D eigenvalue weighted by Crippen LogP contribution is -2.48. The molecule has 1 saturated heterocycles. The Kier molecular flexibility index (Phi) is 4.94. The second kappa shape index (κ2) is 7.17. The molecule has 2 heterocycles. The second-order valence-corrected chi connectivity index (χ2v) is 8.60. The highest BCUT2D eigenvalue weighted by Gasteiger charge is 2.54. The van der Waals surface area contributed by atoms with Crippen LogP contribution in [0.5, 0.6) is 0 Å². The van der Waals surface area contributed by atoms with Crippen LogP contribution in [0.4, 0.5) is 18.3 Å². The number of thiazole rings is 1. The van der Waals surface area contributed by atoms with Crippen LogP contribution in [0.3, 0.4) is 0 Å². The SMILES string of the molecule is Nc1nc(C(=O)N2C[C@H]3CC3[C@H]2CNC(=O)C(F)(F)F)c(-c2cccc(Cl)c2)s1. The van der Waals surface area contributed by atoms with E-state index in [-0.39, 0.29) is 29.2 Å². The molecule has 0 bridgehead atoms. The zero-order valence-corrected chi connectivity index (χ0v) is 16.4. The fourth-order valence-electron chi connectivity index (χ4n) is 3.81. The predicted octanol–water partition coefficient (Wildman–Crippen LogP) is 3.18. The number of nitrogen functional groups attached to an aromatic ring is 1. The van der Waals surface area contributed by atoms with Crippen LogP contribution in [0.25, 0.3) is 10.4 Å². The molecule has 1 aliphatic heterocycles. The number of nitrogens with zero attached hydrogens (tertiary/aromatic N) is 2. The summed E-state index contributed by atoms with van der Waals surface area (Å²) in [5, 5.41) is 2.59. The summed E-state index contributed by atoms with van der Waals surface area (Å²) in [5.74, 6) is -2.10. The van der Waals surface area contributed by atoms with Crippen LogP contribution >= 0.6 is 22.9 Å². The zero-order valence-electron chi connectivity index (χ0n) is 14.9. The van der Waals surface area contributed by atoms with Crippen molar-refractivity contribution >= 4 is 39.9 Å². The van der Waals surface area contributed by atoms with Gasteiger partial charge in [-0.3, -0.25) is 9.59 Å². The highest BCUT2D eigenvalue weighted by atomic mass is 35.5. The smallest absolute Gasteiger partial charge is 0.375 e. The first-order valence-electron chi connectivity index (χ1n) is 8.83. The van der Waals surface area contributed by atoms with E-state index in [2.05, 4.69) is 4.98 Å². The molecule has 0 spiro atoms. The topological polar surface area (TPSA) is 88.3 Å². The predicted molar refractivity (Wildman–Crippen MR) is 102 cm³/mol. The molecule has 1 aromatic heterocycles. The highest BCUT2D eigenvalue weighted by molar-refractivity contribution is 7.19. The third-order valence-corrected chi connectivity index (χ3v) is 6.39. The van der Waals surface area contributed by atoms with Gasteiger partial charge in [0.15, 0.2) is 5.13 Å². The molecule has 2 aromatic rings. The number of nitrogens with one attached hydrogen (secondary N) is 1. The lowest BCUT2D eigenvalue weighted by molar-refractivity contribution is -0.173. The number of fused-ring (bicyclic) bond motifs is 1. The molecule has 2 fully saturated rings. The number of hydrogen-bond donors (Lipinski definition) is 2. The zero-order chi connectivity index (χ0) is 20.9. The monoisotopic (exact) mass is 444 g/mol. The van der Waals surface area contributed by atoms with E-state index in [0.717, 1.165) is 17.8 Å². The molecule has 1 aromatic carbocycles. The summed E-state index contributed by atoms with van der Waals surface area (Å²) in [4.78, 5) is 30.6. The maximum atomic E-state index is 13.2. The Bertz CT molecular complexity index is 980. The molecule has 6 nitrogen and oxygen atoms in total. The van der Waals surface area contributed by atoms with Crippen molar-refractivity contribution in [1.29, 1.82) is 0 Å². The number of halogens is 4. The van der Waals surface area contributed by atoms with E-state index in [1.165, 1.54) is 4.90 Å². The number of carbonyl (C=O) groups is 2. The number of anilines is 1. The molecule has 154 valence electrons. The van der Waals surface area contributed by atoms with E-state index in [0.29, 0.717) is 22.0 Å². The first-order chi connectivity index (χ1) is 13.6. The summed E-state index contributed by atoms with van der Waals surface area (Å²) in [5.41, 5.74) is 6.65. The van der Waals surface area contributed by atoms with E-state index in [1.807, 2.05) is 5.32 Å². The number of piperidine rings is 1. The van der Waals surface area contributed by atoms with Crippen LogP contribution in [0, 0.1) is 11.8 Å². The summed E-state index contributed by atoms with van der Waals surface area (Å²) in [6.07, 6.45) is -4.13. The van der Waals surface area contributed by atoms with E-state index in [9.17, 15) is 22.8 Å². The van der Waals surface area contributed by atoms with Crippen molar-refractivity contribution < 1.29 is 22.8 Å². The molecule has 3 N–H and O–H groups in total.